The molecule has 0 amide bonds. The molecule has 238 valence electrons. The lowest BCUT2D eigenvalue weighted by molar-refractivity contribution is 0.672. The Morgan fingerprint density at radius 1 is 0.412 bits per heavy atom. The lowest BCUT2D eigenvalue weighted by Crippen LogP contribution is -2.10. The number of nitrogens with zero attached hydrogens (tertiary/aromatic N) is 1. The molecule has 0 unspecified atom stereocenters. The molecule has 0 saturated carbocycles. The normalized spacial score (nSPS) is 11.9. The van der Waals surface area contributed by atoms with Gasteiger partial charge >= 0.3 is 0 Å². The van der Waals surface area contributed by atoms with E-state index in [1.54, 1.807) is 0 Å². The molecule has 2 nitrogen and oxygen atoms in total. The molecule has 0 aliphatic heterocycles. The van der Waals surface area contributed by atoms with Crippen LogP contribution in [0.15, 0.2) is 180 Å². The topological polar surface area (TPSA) is 16.4 Å². The Labute approximate surface area is 298 Å². The molecule has 0 atom stereocenters. The molecule has 0 aliphatic carbocycles. The lowest BCUT2D eigenvalue weighted by Gasteiger charge is -2.26. The molecule has 0 saturated heterocycles. The Morgan fingerprint density at radius 2 is 1.10 bits per heavy atom. The molecular weight excluding hydrogens is 639 g/mol. The van der Waals surface area contributed by atoms with Crippen molar-refractivity contribution in [1.29, 1.82) is 0 Å². The zero-order valence-electron chi connectivity index (χ0n) is 27.5. The van der Waals surface area contributed by atoms with Crippen molar-refractivity contribution in [2.24, 2.45) is 0 Å². The van der Waals surface area contributed by atoms with Gasteiger partial charge in [-0.25, -0.2) is 0 Å². The summed E-state index contributed by atoms with van der Waals surface area (Å²) < 4.78 is 9.26. The number of fused-ring (bicyclic) bond motifs is 11. The Hall–Kier alpha value is -6.42. The third-order valence-corrected chi connectivity index (χ3v) is 11.6. The van der Waals surface area contributed by atoms with Crippen molar-refractivity contribution in [3.05, 3.63) is 176 Å². The van der Waals surface area contributed by atoms with E-state index < -0.39 is 0 Å². The average Bonchev–Trinajstić information content (AvgIpc) is 3.77. The largest absolute Gasteiger partial charge is 0.455 e. The number of furan rings is 1. The van der Waals surface area contributed by atoms with Gasteiger partial charge < -0.3 is 9.32 Å². The second kappa shape index (κ2) is 11.0. The van der Waals surface area contributed by atoms with Gasteiger partial charge in [-0.3, -0.25) is 0 Å². The highest BCUT2D eigenvalue weighted by Crippen LogP contribution is 2.46. The van der Waals surface area contributed by atoms with Gasteiger partial charge in [0.25, 0.3) is 0 Å². The van der Waals surface area contributed by atoms with Crippen LogP contribution in [-0.2, 0) is 0 Å². The predicted molar refractivity (Wildman–Crippen MR) is 219 cm³/mol. The first-order valence-electron chi connectivity index (χ1n) is 17.3. The number of benzene rings is 9. The molecule has 0 N–H and O–H groups in total. The fourth-order valence-electron chi connectivity index (χ4n) is 8.08. The monoisotopic (exact) mass is 667 g/mol. The van der Waals surface area contributed by atoms with Gasteiger partial charge in [-0.2, -0.15) is 0 Å². The molecule has 0 spiro atoms. The van der Waals surface area contributed by atoms with E-state index in [0.717, 1.165) is 44.4 Å². The van der Waals surface area contributed by atoms with Gasteiger partial charge in [0.2, 0.25) is 0 Å². The minimum atomic E-state index is 0.880. The van der Waals surface area contributed by atoms with Crippen LogP contribution >= 0.6 is 11.3 Å². The van der Waals surface area contributed by atoms with Crippen molar-refractivity contribution >= 4 is 103 Å². The van der Waals surface area contributed by atoms with Crippen LogP contribution < -0.4 is 4.90 Å². The summed E-state index contributed by atoms with van der Waals surface area (Å²) in [6.45, 7) is 0. The summed E-state index contributed by atoms with van der Waals surface area (Å²) in [5.74, 6) is 0. The molecule has 51 heavy (non-hydrogen) atoms. The first-order valence-corrected chi connectivity index (χ1v) is 18.2. The quantitative estimate of drug-likeness (QED) is 0.174. The number of anilines is 3. The Balaban J connectivity index is 1.15. The summed E-state index contributed by atoms with van der Waals surface area (Å²) in [4.78, 5) is 2.40. The summed E-state index contributed by atoms with van der Waals surface area (Å²) in [6.07, 6.45) is 0. The molecule has 11 aromatic rings. The smallest absolute Gasteiger partial charge is 0.143 e. The summed E-state index contributed by atoms with van der Waals surface area (Å²) in [7, 11) is 0. The molecule has 0 fully saturated rings. The highest BCUT2D eigenvalue weighted by atomic mass is 32.1. The van der Waals surface area contributed by atoms with E-state index in [0.29, 0.717) is 0 Å². The molecule has 9 aromatic carbocycles. The van der Waals surface area contributed by atoms with Crippen LogP contribution in [0.5, 0.6) is 0 Å². The lowest BCUT2D eigenvalue weighted by atomic mass is 9.93. The fraction of sp³-hybridized carbons (Fsp3) is 0. The molecular formula is C48H29NOS. The van der Waals surface area contributed by atoms with Crippen LogP contribution in [-0.4, -0.2) is 0 Å². The maximum absolute atomic E-state index is 6.67. The van der Waals surface area contributed by atoms with Gasteiger partial charge in [-0.05, 0) is 98.7 Å². The molecule has 2 aromatic heterocycles. The number of hydrogen-bond acceptors (Lipinski definition) is 3. The van der Waals surface area contributed by atoms with E-state index in [2.05, 4.69) is 181 Å². The van der Waals surface area contributed by atoms with Crippen molar-refractivity contribution in [1.82, 2.24) is 0 Å². The van der Waals surface area contributed by atoms with Crippen LogP contribution in [0.3, 0.4) is 0 Å². The second-order valence-electron chi connectivity index (χ2n) is 13.3. The minimum absolute atomic E-state index is 0.880. The molecule has 2 heterocycles. The van der Waals surface area contributed by atoms with Gasteiger partial charge in [0.1, 0.15) is 11.2 Å². The van der Waals surface area contributed by atoms with Gasteiger partial charge in [0, 0.05) is 42.3 Å². The van der Waals surface area contributed by atoms with Crippen molar-refractivity contribution < 1.29 is 4.42 Å². The standard InChI is InChI=1S/C48H29NOS/c1-4-13-36-30(10-1)22-26-40-47-43(17-9-18-44(47)50-48(36)40)49(34-25-27-46-42(29-34)39-16-7-8-19-45(39)51-46)33-23-20-31(21-24-33)41-28-32-11-2-3-12-35(32)37-14-5-6-15-38(37)41/h1-29H. The number of hydrogen-bond donors (Lipinski definition) is 0. The van der Waals surface area contributed by atoms with Crippen molar-refractivity contribution in [3.8, 4) is 11.1 Å². The van der Waals surface area contributed by atoms with Crippen LogP contribution in [0.1, 0.15) is 0 Å². The van der Waals surface area contributed by atoms with Crippen molar-refractivity contribution in [2.45, 2.75) is 0 Å². The van der Waals surface area contributed by atoms with E-state index in [-0.39, 0.29) is 0 Å². The highest BCUT2D eigenvalue weighted by Gasteiger charge is 2.21. The third-order valence-electron chi connectivity index (χ3n) is 10.4. The fourth-order valence-corrected chi connectivity index (χ4v) is 9.17. The zero-order chi connectivity index (χ0) is 33.5. The first-order chi connectivity index (χ1) is 25.3. The van der Waals surface area contributed by atoms with Crippen LogP contribution in [0.2, 0.25) is 0 Å². The molecule has 0 aliphatic rings. The summed E-state index contributed by atoms with van der Waals surface area (Å²) in [5.41, 5.74) is 7.52. The Bertz CT molecular complexity index is 3150. The Kier molecular flexibility index (Phi) is 6.16. The summed E-state index contributed by atoms with van der Waals surface area (Å²) in [5, 5.41) is 12.2. The van der Waals surface area contributed by atoms with Gasteiger partial charge in [-0.1, -0.05) is 115 Å². The molecule has 0 bridgehead atoms. The number of rotatable bonds is 4. The van der Waals surface area contributed by atoms with Crippen molar-refractivity contribution in [2.75, 3.05) is 4.90 Å². The van der Waals surface area contributed by atoms with Crippen LogP contribution in [0.25, 0.3) is 85.6 Å². The first kappa shape index (κ1) is 28.4. The van der Waals surface area contributed by atoms with E-state index in [1.165, 1.54) is 58.2 Å². The second-order valence-corrected chi connectivity index (χ2v) is 14.4. The summed E-state index contributed by atoms with van der Waals surface area (Å²) in [6, 6.07) is 63.8. The molecule has 11 rings (SSSR count). The molecule has 0 radical (unpaired) electrons. The van der Waals surface area contributed by atoms with Crippen LogP contribution in [0, 0.1) is 0 Å². The number of thiophene rings is 1. The van der Waals surface area contributed by atoms with E-state index in [9.17, 15) is 0 Å². The maximum Gasteiger partial charge on any atom is 0.143 e. The average molecular weight is 668 g/mol. The third kappa shape index (κ3) is 4.35. The van der Waals surface area contributed by atoms with Crippen LogP contribution in [0.4, 0.5) is 17.1 Å². The zero-order valence-corrected chi connectivity index (χ0v) is 28.3. The summed E-state index contributed by atoms with van der Waals surface area (Å²) >= 11 is 1.85. The maximum atomic E-state index is 6.67. The van der Waals surface area contributed by atoms with Gasteiger partial charge in [-0.15, -0.1) is 11.3 Å². The minimum Gasteiger partial charge on any atom is -0.455 e. The van der Waals surface area contributed by atoms with E-state index in [4.69, 9.17) is 4.42 Å². The van der Waals surface area contributed by atoms with Crippen molar-refractivity contribution in [3.63, 3.8) is 0 Å². The van der Waals surface area contributed by atoms with E-state index in [1.807, 2.05) is 11.3 Å². The predicted octanol–water partition coefficient (Wildman–Crippen LogP) is 14.6. The van der Waals surface area contributed by atoms with Gasteiger partial charge in [0.05, 0.1) is 11.1 Å². The van der Waals surface area contributed by atoms with Gasteiger partial charge in [0.15, 0.2) is 0 Å². The highest BCUT2D eigenvalue weighted by molar-refractivity contribution is 7.25. The SMILES string of the molecule is c1ccc2c(c1)cc(-c1ccc(N(c3ccc4sc5ccccc5c4c3)c3cccc4oc5c6ccccc6ccc5c34)cc1)c1ccccc12. The Morgan fingerprint density at radius 3 is 1.96 bits per heavy atom. The molecule has 3 heteroatoms. The van der Waals surface area contributed by atoms with E-state index >= 15 is 0 Å².